The van der Waals surface area contributed by atoms with Crippen molar-refractivity contribution in [3.8, 4) is 16.9 Å². The fourth-order valence-corrected chi connectivity index (χ4v) is 4.39. The number of carbonyl (C=O) groups is 2. The Bertz CT molecular complexity index is 1520. The summed E-state index contributed by atoms with van der Waals surface area (Å²) >= 11 is 12.6. The molecule has 0 bridgehead atoms. The van der Waals surface area contributed by atoms with E-state index in [-0.39, 0.29) is 44.9 Å². The average Bonchev–Trinajstić information content (AvgIpc) is 3.31. The zero-order valence-electron chi connectivity index (χ0n) is 19.7. The van der Waals surface area contributed by atoms with E-state index in [0.29, 0.717) is 18.9 Å². The molecule has 4 N–H and O–H groups in total. The quantitative estimate of drug-likeness (QED) is 0.316. The Labute approximate surface area is 226 Å². The van der Waals surface area contributed by atoms with Crippen LogP contribution in [0.15, 0.2) is 66.9 Å². The van der Waals surface area contributed by atoms with Crippen LogP contribution in [-0.4, -0.2) is 51.9 Å². The summed E-state index contributed by atoms with van der Waals surface area (Å²) in [7, 11) is 0. The van der Waals surface area contributed by atoms with Gasteiger partial charge in [0.05, 0.1) is 40.0 Å². The molecule has 0 atom stereocenters. The van der Waals surface area contributed by atoms with Gasteiger partial charge < -0.3 is 21.1 Å². The second-order valence-corrected chi connectivity index (χ2v) is 9.61. The maximum absolute atomic E-state index is 14.4. The van der Waals surface area contributed by atoms with E-state index >= 15 is 0 Å². The Kier molecular flexibility index (Phi) is 7.13. The van der Waals surface area contributed by atoms with Crippen LogP contribution in [-0.2, 0) is 4.74 Å². The number of nitrogens with one attached hydrogen (secondary N) is 2. The van der Waals surface area contributed by atoms with Gasteiger partial charge in [0, 0.05) is 24.4 Å². The first-order valence-electron chi connectivity index (χ1n) is 11.5. The molecule has 2 amide bonds. The van der Waals surface area contributed by atoms with Crippen molar-refractivity contribution in [1.82, 2.24) is 20.1 Å². The van der Waals surface area contributed by atoms with E-state index in [1.807, 2.05) is 6.07 Å². The van der Waals surface area contributed by atoms with Crippen LogP contribution in [0.5, 0.6) is 0 Å². The highest BCUT2D eigenvalue weighted by Gasteiger charge is 2.34. The molecule has 1 fully saturated rings. The van der Waals surface area contributed by atoms with Crippen molar-refractivity contribution in [3.05, 3.63) is 94.0 Å². The molecule has 0 saturated carbocycles. The SMILES string of the molecule is NC1(CNC(=O)c2cc(NC(=O)c3cc(-c4ncccc4F)c(Cl)cc3Cl)n(-c3ccccc3)n2)COC1. The van der Waals surface area contributed by atoms with E-state index in [9.17, 15) is 14.0 Å². The minimum atomic E-state index is -0.624. The summed E-state index contributed by atoms with van der Waals surface area (Å²) in [5.41, 5.74) is 6.35. The summed E-state index contributed by atoms with van der Waals surface area (Å²) in [6.45, 7) is 0.900. The summed E-state index contributed by atoms with van der Waals surface area (Å²) in [4.78, 5) is 30.2. The minimum Gasteiger partial charge on any atom is -0.377 e. The summed E-state index contributed by atoms with van der Waals surface area (Å²) in [5.74, 6) is -1.49. The van der Waals surface area contributed by atoms with Crippen LogP contribution >= 0.6 is 23.2 Å². The number of anilines is 1. The minimum absolute atomic E-state index is 0.0222. The van der Waals surface area contributed by atoms with Gasteiger partial charge in [-0.05, 0) is 36.4 Å². The maximum Gasteiger partial charge on any atom is 0.271 e. The number of ether oxygens (including phenoxy) is 1. The Hall–Kier alpha value is -3.83. The zero-order chi connectivity index (χ0) is 26.9. The largest absolute Gasteiger partial charge is 0.377 e. The van der Waals surface area contributed by atoms with Gasteiger partial charge in [0.15, 0.2) is 5.69 Å². The van der Waals surface area contributed by atoms with E-state index in [1.165, 1.54) is 41.2 Å². The van der Waals surface area contributed by atoms with Crippen molar-refractivity contribution in [2.75, 3.05) is 25.1 Å². The lowest BCUT2D eigenvalue weighted by molar-refractivity contribution is -0.0512. The number of carbonyl (C=O) groups excluding carboxylic acids is 2. The predicted octanol–water partition coefficient (Wildman–Crippen LogP) is 4.09. The molecule has 0 radical (unpaired) electrons. The smallest absolute Gasteiger partial charge is 0.271 e. The third-order valence-corrected chi connectivity index (χ3v) is 6.50. The lowest BCUT2D eigenvalue weighted by Gasteiger charge is -2.37. The molecule has 38 heavy (non-hydrogen) atoms. The number of aromatic nitrogens is 3. The third-order valence-electron chi connectivity index (χ3n) is 5.88. The monoisotopic (exact) mass is 554 g/mol. The van der Waals surface area contributed by atoms with Gasteiger partial charge in [-0.2, -0.15) is 5.10 Å². The van der Waals surface area contributed by atoms with Crippen molar-refractivity contribution in [2.45, 2.75) is 5.54 Å². The van der Waals surface area contributed by atoms with Gasteiger partial charge in [-0.1, -0.05) is 41.4 Å². The van der Waals surface area contributed by atoms with Gasteiger partial charge in [-0.25, -0.2) is 9.07 Å². The number of hydrogen-bond acceptors (Lipinski definition) is 6. The second kappa shape index (κ2) is 10.5. The molecule has 3 heterocycles. The maximum atomic E-state index is 14.4. The summed E-state index contributed by atoms with van der Waals surface area (Å²) < 4.78 is 20.9. The molecule has 194 valence electrons. The summed E-state index contributed by atoms with van der Waals surface area (Å²) in [6, 6.07) is 15.8. The molecule has 12 heteroatoms. The van der Waals surface area contributed by atoms with Gasteiger partial charge in [-0.15, -0.1) is 0 Å². The molecule has 5 rings (SSSR count). The number of nitrogens with two attached hydrogens (primary N) is 1. The Morgan fingerprint density at radius 3 is 2.50 bits per heavy atom. The molecule has 0 spiro atoms. The van der Waals surface area contributed by atoms with E-state index in [2.05, 4.69) is 20.7 Å². The van der Waals surface area contributed by atoms with Crippen LogP contribution in [0.3, 0.4) is 0 Å². The zero-order valence-corrected chi connectivity index (χ0v) is 21.3. The summed E-state index contributed by atoms with van der Waals surface area (Å²) in [6.07, 6.45) is 1.42. The molecule has 4 aromatic rings. The molecule has 1 saturated heterocycles. The fourth-order valence-electron chi connectivity index (χ4n) is 3.83. The van der Waals surface area contributed by atoms with Crippen LogP contribution < -0.4 is 16.4 Å². The number of halogens is 3. The number of benzene rings is 2. The molecule has 2 aromatic heterocycles. The fraction of sp³-hybridized carbons (Fsp3) is 0.154. The number of rotatable bonds is 7. The van der Waals surface area contributed by atoms with Gasteiger partial charge in [0.1, 0.15) is 17.3 Å². The van der Waals surface area contributed by atoms with Gasteiger partial charge >= 0.3 is 0 Å². The lowest BCUT2D eigenvalue weighted by atomic mass is 9.99. The van der Waals surface area contributed by atoms with E-state index in [1.54, 1.807) is 24.3 Å². The van der Waals surface area contributed by atoms with Crippen LogP contribution in [0.4, 0.5) is 10.2 Å². The highest BCUT2D eigenvalue weighted by Crippen LogP contribution is 2.33. The van der Waals surface area contributed by atoms with E-state index < -0.39 is 23.2 Å². The third kappa shape index (κ3) is 5.25. The number of nitrogens with zero attached hydrogens (tertiary/aromatic N) is 3. The van der Waals surface area contributed by atoms with Gasteiger partial charge in [0.25, 0.3) is 11.8 Å². The number of pyridine rings is 1. The Morgan fingerprint density at radius 2 is 1.82 bits per heavy atom. The van der Waals surface area contributed by atoms with Crippen LogP contribution in [0.2, 0.25) is 10.0 Å². The molecule has 2 aromatic carbocycles. The lowest BCUT2D eigenvalue weighted by Crippen LogP contribution is -2.63. The Morgan fingerprint density at radius 1 is 1.05 bits per heavy atom. The van der Waals surface area contributed by atoms with Crippen LogP contribution in [0.1, 0.15) is 20.8 Å². The van der Waals surface area contributed by atoms with Crippen molar-refractivity contribution in [2.24, 2.45) is 5.73 Å². The first-order chi connectivity index (χ1) is 18.2. The average molecular weight is 555 g/mol. The first kappa shape index (κ1) is 25.8. The Balaban J connectivity index is 1.46. The number of hydrogen-bond donors (Lipinski definition) is 3. The standard InChI is InChI=1S/C26H21Cl2FN6O3/c27-18-10-19(28)17(9-16(18)23-20(29)7-4-8-31-23)24(36)33-22-11-21(25(37)32-12-26(30)13-38-14-26)34-35(22)15-5-2-1-3-6-15/h1-11H,12-14,30H2,(H,32,37)(H,33,36). The van der Waals surface area contributed by atoms with Crippen LogP contribution in [0.25, 0.3) is 16.9 Å². The molecule has 1 aliphatic rings. The molecular formula is C26H21Cl2FN6O3. The van der Waals surface area contributed by atoms with E-state index in [4.69, 9.17) is 33.7 Å². The van der Waals surface area contributed by atoms with Crippen molar-refractivity contribution in [3.63, 3.8) is 0 Å². The topological polar surface area (TPSA) is 124 Å². The first-order valence-corrected chi connectivity index (χ1v) is 12.2. The van der Waals surface area contributed by atoms with Crippen molar-refractivity contribution >= 4 is 40.8 Å². The van der Waals surface area contributed by atoms with E-state index in [0.717, 1.165) is 0 Å². The van der Waals surface area contributed by atoms with Crippen LogP contribution in [0, 0.1) is 5.82 Å². The molecule has 9 nitrogen and oxygen atoms in total. The predicted molar refractivity (Wildman–Crippen MR) is 141 cm³/mol. The number of para-hydroxylation sites is 1. The molecule has 0 unspecified atom stereocenters. The summed E-state index contributed by atoms with van der Waals surface area (Å²) in [5, 5.41) is 10.1. The highest BCUT2D eigenvalue weighted by atomic mass is 35.5. The molecule has 0 aliphatic carbocycles. The molecule has 1 aliphatic heterocycles. The highest BCUT2D eigenvalue weighted by molar-refractivity contribution is 6.38. The van der Waals surface area contributed by atoms with Crippen molar-refractivity contribution < 1.29 is 18.7 Å². The number of amides is 2. The van der Waals surface area contributed by atoms with Crippen molar-refractivity contribution in [1.29, 1.82) is 0 Å². The normalized spacial score (nSPS) is 14.0. The second-order valence-electron chi connectivity index (χ2n) is 8.80. The van der Waals surface area contributed by atoms with Gasteiger partial charge in [-0.3, -0.25) is 14.6 Å². The molecular weight excluding hydrogens is 534 g/mol. The van der Waals surface area contributed by atoms with Gasteiger partial charge in [0.2, 0.25) is 0 Å².